The van der Waals surface area contributed by atoms with E-state index in [-0.39, 0.29) is 11.9 Å². The van der Waals surface area contributed by atoms with Crippen LogP contribution in [0.15, 0.2) is 41.5 Å². The molecule has 3 rings (SSSR count). The van der Waals surface area contributed by atoms with Crippen LogP contribution in [0, 0.1) is 18.7 Å². The lowest BCUT2D eigenvalue weighted by atomic mass is 10.1. The topological polar surface area (TPSA) is 58.5 Å². The van der Waals surface area contributed by atoms with Gasteiger partial charge in [0, 0.05) is 25.5 Å². The average molecular weight is 384 g/mol. The van der Waals surface area contributed by atoms with Gasteiger partial charge in [0.15, 0.2) is 17.5 Å². The van der Waals surface area contributed by atoms with Crippen molar-refractivity contribution in [2.75, 3.05) is 20.2 Å². The highest BCUT2D eigenvalue weighted by molar-refractivity contribution is 5.80. The lowest BCUT2D eigenvalue weighted by Crippen LogP contribution is -2.39. The molecule has 0 radical (unpaired) electrons. The fourth-order valence-corrected chi connectivity index (χ4v) is 2.85. The number of benzene rings is 1. The summed E-state index contributed by atoms with van der Waals surface area (Å²) in [6.07, 6.45) is 5.12. The van der Waals surface area contributed by atoms with Gasteiger partial charge in [-0.05, 0) is 68.4 Å². The number of aryl methyl sites for hydroxylation is 1. The van der Waals surface area contributed by atoms with Crippen LogP contribution in [0.1, 0.15) is 42.6 Å². The van der Waals surface area contributed by atoms with Crippen molar-refractivity contribution in [3.63, 3.8) is 0 Å². The molecule has 6 heteroatoms. The molecule has 1 saturated carbocycles. The van der Waals surface area contributed by atoms with Gasteiger partial charge in [-0.2, -0.15) is 0 Å². The first kappa shape index (κ1) is 20.1. The number of hydrogen-bond donors (Lipinski definition) is 2. The largest absolute Gasteiger partial charge is 0.490 e. The first-order valence-corrected chi connectivity index (χ1v) is 9.86. The molecule has 28 heavy (non-hydrogen) atoms. The molecule has 1 aliphatic rings. The van der Waals surface area contributed by atoms with Crippen LogP contribution in [0.4, 0.5) is 4.39 Å². The third-order valence-electron chi connectivity index (χ3n) is 4.88. The molecule has 1 aromatic heterocycles. The van der Waals surface area contributed by atoms with E-state index in [9.17, 15) is 4.39 Å². The van der Waals surface area contributed by atoms with E-state index in [1.807, 2.05) is 32.2 Å². The van der Waals surface area contributed by atoms with Gasteiger partial charge in [-0.25, -0.2) is 4.39 Å². The second kappa shape index (κ2) is 9.53. The fourth-order valence-electron chi connectivity index (χ4n) is 2.85. The molecule has 0 spiro atoms. The van der Waals surface area contributed by atoms with Gasteiger partial charge in [-0.1, -0.05) is 12.1 Å². The molecule has 1 heterocycles. The third-order valence-corrected chi connectivity index (χ3v) is 4.88. The van der Waals surface area contributed by atoms with Crippen LogP contribution >= 0.6 is 0 Å². The summed E-state index contributed by atoms with van der Waals surface area (Å²) < 4.78 is 19.9. The highest BCUT2D eigenvalue weighted by Crippen LogP contribution is 2.30. The maximum absolute atomic E-state index is 14.3. The molecular formula is C22H29FN4O. The number of nitrogens with zero attached hydrogens (tertiary/aromatic N) is 2. The van der Waals surface area contributed by atoms with Crippen molar-refractivity contribution in [2.45, 2.75) is 39.2 Å². The zero-order valence-electron chi connectivity index (χ0n) is 16.8. The minimum Gasteiger partial charge on any atom is -0.490 e. The minimum atomic E-state index is -0.318. The molecule has 1 fully saturated rings. The molecule has 1 aliphatic carbocycles. The van der Waals surface area contributed by atoms with Crippen LogP contribution in [0.5, 0.6) is 5.75 Å². The summed E-state index contributed by atoms with van der Waals surface area (Å²) in [4.78, 5) is 8.56. The maximum atomic E-state index is 14.3. The van der Waals surface area contributed by atoms with E-state index in [4.69, 9.17) is 4.74 Å². The van der Waals surface area contributed by atoms with E-state index in [2.05, 4.69) is 26.7 Å². The van der Waals surface area contributed by atoms with Crippen LogP contribution < -0.4 is 15.4 Å². The number of aromatic nitrogens is 1. The second-order valence-corrected chi connectivity index (χ2v) is 7.37. The summed E-state index contributed by atoms with van der Waals surface area (Å²) in [5.41, 5.74) is 3.03. The Morgan fingerprint density at radius 1 is 1.32 bits per heavy atom. The van der Waals surface area contributed by atoms with Crippen molar-refractivity contribution in [2.24, 2.45) is 10.9 Å². The fraction of sp³-hybridized carbons (Fsp3) is 0.455. The smallest absolute Gasteiger partial charge is 0.191 e. The molecule has 5 nitrogen and oxygen atoms in total. The van der Waals surface area contributed by atoms with Gasteiger partial charge in [-0.3, -0.25) is 9.98 Å². The minimum absolute atomic E-state index is 0.0841. The van der Waals surface area contributed by atoms with E-state index in [1.54, 1.807) is 13.1 Å². The van der Waals surface area contributed by atoms with Gasteiger partial charge in [0.1, 0.15) is 0 Å². The Labute approximate surface area is 166 Å². The highest BCUT2D eigenvalue weighted by atomic mass is 19.1. The zero-order valence-corrected chi connectivity index (χ0v) is 16.8. The number of halogens is 1. The Morgan fingerprint density at radius 2 is 2.14 bits per heavy atom. The Bertz CT molecular complexity index is 803. The van der Waals surface area contributed by atoms with E-state index >= 15 is 0 Å². The lowest BCUT2D eigenvalue weighted by molar-refractivity contribution is 0.285. The monoisotopic (exact) mass is 384 g/mol. The zero-order chi connectivity index (χ0) is 19.9. The van der Waals surface area contributed by atoms with Gasteiger partial charge < -0.3 is 15.4 Å². The Balaban J connectivity index is 1.49. The van der Waals surface area contributed by atoms with Crippen LogP contribution in [0.3, 0.4) is 0 Å². The molecule has 150 valence electrons. The summed E-state index contributed by atoms with van der Waals surface area (Å²) in [6, 6.07) is 9.15. The lowest BCUT2D eigenvalue weighted by Gasteiger charge is -2.19. The highest BCUT2D eigenvalue weighted by Gasteiger charge is 2.22. The predicted molar refractivity (Wildman–Crippen MR) is 110 cm³/mol. The summed E-state index contributed by atoms with van der Waals surface area (Å²) >= 11 is 0. The van der Waals surface area contributed by atoms with Crippen molar-refractivity contribution in [3.05, 3.63) is 59.2 Å². The number of hydrogen-bond acceptors (Lipinski definition) is 3. The molecular weight excluding hydrogens is 355 g/mol. The molecule has 0 saturated heterocycles. The molecule has 2 aromatic rings. The molecule has 1 unspecified atom stereocenters. The number of ether oxygens (including phenoxy) is 1. The number of nitrogens with one attached hydrogen (secondary N) is 2. The molecule has 0 aliphatic heterocycles. The van der Waals surface area contributed by atoms with Crippen LogP contribution in [0.2, 0.25) is 0 Å². The standard InChI is InChI=1S/C22H29FN4O/c1-15-4-5-17(13-26-15)10-11-25-22(24-3)27-16(2)19-8-9-21(20(23)12-19)28-14-18-6-7-18/h4-5,8-9,12-13,16,18H,6-7,10-11,14H2,1-3H3,(H2,24,25,27). The number of aliphatic imine (C=N–C) groups is 1. The van der Waals surface area contributed by atoms with Gasteiger partial charge in [0.05, 0.1) is 12.6 Å². The van der Waals surface area contributed by atoms with Gasteiger partial charge >= 0.3 is 0 Å². The molecule has 1 aromatic carbocycles. The normalized spacial score (nSPS) is 15.2. The average Bonchev–Trinajstić information content (AvgIpc) is 3.52. The third kappa shape index (κ3) is 5.94. The van der Waals surface area contributed by atoms with Gasteiger partial charge in [-0.15, -0.1) is 0 Å². The van der Waals surface area contributed by atoms with Crippen molar-refractivity contribution < 1.29 is 9.13 Å². The number of rotatable bonds is 8. The van der Waals surface area contributed by atoms with Crippen molar-refractivity contribution in [3.8, 4) is 5.75 Å². The van der Waals surface area contributed by atoms with Crippen LogP contribution in [-0.2, 0) is 6.42 Å². The first-order chi connectivity index (χ1) is 13.5. The summed E-state index contributed by atoms with van der Waals surface area (Å²) in [5, 5.41) is 6.59. The Kier molecular flexibility index (Phi) is 6.85. The predicted octanol–water partition coefficient (Wildman–Crippen LogP) is 3.79. The summed E-state index contributed by atoms with van der Waals surface area (Å²) in [7, 11) is 1.73. The molecule has 0 bridgehead atoms. The SMILES string of the molecule is CN=C(NCCc1ccc(C)nc1)NC(C)c1ccc(OCC2CC2)c(F)c1. The van der Waals surface area contributed by atoms with Gasteiger partial charge in [0.25, 0.3) is 0 Å². The number of pyridine rings is 1. The maximum Gasteiger partial charge on any atom is 0.191 e. The van der Waals surface area contributed by atoms with Gasteiger partial charge in [0.2, 0.25) is 0 Å². The van der Waals surface area contributed by atoms with Crippen LogP contribution in [-0.4, -0.2) is 31.1 Å². The van der Waals surface area contributed by atoms with E-state index in [0.29, 0.717) is 24.2 Å². The quantitative estimate of drug-likeness (QED) is 0.537. The van der Waals surface area contributed by atoms with Crippen molar-refractivity contribution in [1.29, 1.82) is 0 Å². The summed E-state index contributed by atoms with van der Waals surface area (Å²) in [5.74, 6) is 1.30. The second-order valence-electron chi connectivity index (χ2n) is 7.37. The van der Waals surface area contributed by atoms with Crippen molar-refractivity contribution >= 4 is 5.96 Å². The Morgan fingerprint density at radius 3 is 2.79 bits per heavy atom. The van der Waals surface area contributed by atoms with E-state index in [1.165, 1.54) is 24.5 Å². The van der Waals surface area contributed by atoms with E-state index in [0.717, 1.165) is 24.2 Å². The molecule has 0 amide bonds. The Hall–Kier alpha value is -2.63. The van der Waals surface area contributed by atoms with Crippen molar-refractivity contribution in [1.82, 2.24) is 15.6 Å². The van der Waals surface area contributed by atoms with E-state index < -0.39 is 0 Å². The van der Waals surface area contributed by atoms with Crippen LogP contribution in [0.25, 0.3) is 0 Å². The molecule has 1 atom stereocenters. The molecule has 2 N–H and O–H groups in total. The number of guanidine groups is 1. The summed E-state index contributed by atoms with van der Waals surface area (Å²) in [6.45, 7) is 5.30. The first-order valence-electron chi connectivity index (χ1n) is 9.86.